The predicted molar refractivity (Wildman–Crippen MR) is 101 cm³/mol. The Balaban J connectivity index is 1.58. The van der Waals surface area contributed by atoms with Crippen LogP contribution >= 0.6 is 11.6 Å². The molecule has 0 radical (unpaired) electrons. The number of hydrogen-bond acceptors (Lipinski definition) is 3. The van der Waals surface area contributed by atoms with E-state index in [0.717, 1.165) is 18.8 Å². The lowest BCUT2D eigenvalue weighted by molar-refractivity contribution is -0.132. The van der Waals surface area contributed by atoms with Gasteiger partial charge in [0.1, 0.15) is 0 Å². The van der Waals surface area contributed by atoms with E-state index in [-0.39, 0.29) is 0 Å². The fourth-order valence-electron chi connectivity index (χ4n) is 2.84. The predicted octanol–water partition coefficient (Wildman–Crippen LogP) is 3.91. The van der Waals surface area contributed by atoms with Gasteiger partial charge in [0.25, 0.3) is 0 Å². The van der Waals surface area contributed by atoms with Crippen LogP contribution in [-0.4, -0.2) is 24.9 Å². The zero-order valence-electron chi connectivity index (χ0n) is 13.8. The van der Waals surface area contributed by atoms with E-state index in [9.17, 15) is 9.59 Å². The summed E-state index contributed by atoms with van der Waals surface area (Å²) in [7, 11) is 0. The second-order valence-corrected chi connectivity index (χ2v) is 6.39. The Kier molecular flexibility index (Phi) is 5.56. The van der Waals surface area contributed by atoms with Crippen LogP contribution < -0.4 is 15.5 Å². The fraction of sp³-hybridized carbons (Fsp3) is 0.263. The topological polar surface area (TPSA) is 61.4 Å². The van der Waals surface area contributed by atoms with Gasteiger partial charge in [-0.3, -0.25) is 9.59 Å². The van der Waals surface area contributed by atoms with Crippen molar-refractivity contribution < 1.29 is 9.59 Å². The molecule has 1 heterocycles. The van der Waals surface area contributed by atoms with Crippen LogP contribution in [0.25, 0.3) is 0 Å². The van der Waals surface area contributed by atoms with E-state index in [1.54, 1.807) is 24.3 Å². The number of para-hydroxylation sites is 1. The highest BCUT2D eigenvalue weighted by Crippen LogP contribution is 2.22. The number of carbonyl (C=O) groups excluding carboxylic acids is 2. The van der Waals surface area contributed by atoms with Gasteiger partial charge in [0.05, 0.1) is 10.7 Å². The van der Waals surface area contributed by atoms with Crippen molar-refractivity contribution >= 4 is 40.5 Å². The highest BCUT2D eigenvalue weighted by molar-refractivity contribution is 6.44. The number of rotatable bonds is 3. The van der Waals surface area contributed by atoms with Gasteiger partial charge in [-0.1, -0.05) is 23.7 Å². The Hall–Kier alpha value is -2.53. The first-order chi connectivity index (χ1) is 12.1. The molecule has 2 amide bonds. The minimum Gasteiger partial charge on any atom is -0.372 e. The van der Waals surface area contributed by atoms with Gasteiger partial charge in [-0.15, -0.1) is 0 Å². The van der Waals surface area contributed by atoms with Gasteiger partial charge in [0.2, 0.25) is 0 Å². The van der Waals surface area contributed by atoms with Gasteiger partial charge in [0, 0.05) is 24.5 Å². The molecule has 2 aromatic rings. The van der Waals surface area contributed by atoms with Crippen LogP contribution in [-0.2, 0) is 9.59 Å². The molecule has 1 fully saturated rings. The van der Waals surface area contributed by atoms with Crippen LogP contribution in [0.3, 0.4) is 0 Å². The van der Waals surface area contributed by atoms with Gasteiger partial charge in [-0.2, -0.15) is 0 Å². The molecule has 3 rings (SSSR count). The average Bonchev–Trinajstić information content (AvgIpc) is 2.65. The largest absolute Gasteiger partial charge is 0.372 e. The Morgan fingerprint density at radius 1 is 0.840 bits per heavy atom. The van der Waals surface area contributed by atoms with E-state index in [0.29, 0.717) is 16.4 Å². The summed E-state index contributed by atoms with van der Waals surface area (Å²) >= 11 is 5.97. The maximum Gasteiger partial charge on any atom is 0.314 e. The average molecular weight is 358 g/mol. The first-order valence-corrected chi connectivity index (χ1v) is 8.73. The number of hydrogen-bond donors (Lipinski definition) is 2. The van der Waals surface area contributed by atoms with Crippen molar-refractivity contribution in [2.45, 2.75) is 19.3 Å². The summed E-state index contributed by atoms with van der Waals surface area (Å²) in [5, 5.41) is 5.48. The Bertz CT molecular complexity index is 756. The molecule has 2 aromatic carbocycles. The Morgan fingerprint density at radius 3 is 2.16 bits per heavy atom. The van der Waals surface area contributed by atoms with Crippen LogP contribution in [0.4, 0.5) is 17.1 Å². The van der Waals surface area contributed by atoms with E-state index in [1.165, 1.54) is 19.3 Å². The zero-order chi connectivity index (χ0) is 17.6. The zero-order valence-corrected chi connectivity index (χ0v) is 14.6. The number of anilines is 3. The highest BCUT2D eigenvalue weighted by Gasteiger charge is 2.16. The van der Waals surface area contributed by atoms with Gasteiger partial charge in [0.15, 0.2) is 0 Å². The summed E-state index contributed by atoms with van der Waals surface area (Å²) in [6.07, 6.45) is 3.70. The van der Waals surface area contributed by atoms with E-state index in [2.05, 4.69) is 15.5 Å². The summed E-state index contributed by atoms with van der Waals surface area (Å²) in [5.41, 5.74) is 2.13. The lowest BCUT2D eigenvalue weighted by Crippen LogP contribution is -2.30. The molecule has 0 aliphatic carbocycles. The fourth-order valence-corrected chi connectivity index (χ4v) is 3.02. The third-order valence-electron chi connectivity index (χ3n) is 4.17. The SMILES string of the molecule is O=C(Nc1ccc(N2CCCCC2)cc1)C(=O)Nc1ccccc1Cl. The van der Waals surface area contributed by atoms with Crippen molar-refractivity contribution in [1.82, 2.24) is 0 Å². The van der Waals surface area contributed by atoms with E-state index in [4.69, 9.17) is 11.6 Å². The summed E-state index contributed by atoms with van der Waals surface area (Å²) < 4.78 is 0. The third kappa shape index (κ3) is 4.51. The molecule has 0 bridgehead atoms. The Morgan fingerprint density at radius 2 is 1.48 bits per heavy atom. The molecule has 0 aromatic heterocycles. The molecular formula is C19H20ClN3O2. The van der Waals surface area contributed by atoms with Crippen molar-refractivity contribution in [2.75, 3.05) is 28.6 Å². The number of nitrogens with one attached hydrogen (secondary N) is 2. The molecule has 0 saturated carbocycles. The quantitative estimate of drug-likeness (QED) is 0.819. The number of benzene rings is 2. The normalized spacial score (nSPS) is 14.0. The van der Waals surface area contributed by atoms with Crippen molar-refractivity contribution in [1.29, 1.82) is 0 Å². The summed E-state index contributed by atoms with van der Waals surface area (Å²) in [4.78, 5) is 26.4. The lowest BCUT2D eigenvalue weighted by atomic mass is 10.1. The third-order valence-corrected chi connectivity index (χ3v) is 4.50. The molecule has 0 spiro atoms. The minimum absolute atomic E-state index is 0.384. The molecule has 1 aliphatic rings. The summed E-state index contributed by atoms with van der Waals surface area (Å²) in [5.74, 6) is -1.49. The molecule has 1 saturated heterocycles. The number of nitrogens with zero attached hydrogens (tertiary/aromatic N) is 1. The van der Waals surface area contributed by atoms with E-state index < -0.39 is 11.8 Å². The molecule has 130 valence electrons. The van der Waals surface area contributed by atoms with Gasteiger partial charge in [-0.25, -0.2) is 0 Å². The standard InChI is InChI=1S/C19H20ClN3O2/c20-16-6-2-3-7-17(16)22-19(25)18(24)21-14-8-10-15(11-9-14)23-12-4-1-5-13-23/h2-3,6-11H,1,4-5,12-13H2,(H,21,24)(H,22,25). The van der Waals surface area contributed by atoms with Crippen LogP contribution in [0.2, 0.25) is 5.02 Å². The molecular weight excluding hydrogens is 338 g/mol. The van der Waals surface area contributed by atoms with Crippen molar-refractivity contribution in [3.05, 3.63) is 53.6 Å². The van der Waals surface area contributed by atoms with Crippen molar-refractivity contribution in [3.8, 4) is 0 Å². The number of carbonyl (C=O) groups is 2. The minimum atomic E-state index is -0.756. The molecule has 6 heteroatoms. The second kappa shape index (κ2) is 8.03. The van der Waals surface area contributed by atoms with Gasteiger partial charge in [-0.05, 0) is 55.7 Å². The molecule has 0 unspecified atom stereocenters. The highest BCUT2D eigenvalue weighted by atomic mass is 35.5. The summed E-state index contributed by atoms with van der Waals surface area (Å²) in [6.45, 7) is 2.12. The van der Waals surface area contributed by atoms with Crippen LogP contribution in [0, 0.1) is 0 Å². The van der Waals surface area contributed by atoms with Crippen LogP contribution in [0.15, 0.2) is 48.5 Å². The van der Waals surface area contributed by atoms with E-state index >= 15 is 0 Å². The van der Waals surface area contributed by atoms with Crippen molar-refractivity contribution in [2.24, 2.45) is 0 Å². The van der Waals surface area contributed by atoms with Gasteiger partial charge >= 0.3 is 11.8 Å². The first-order valence-electron chi connectivity index (χ1n) is 8.35. The lowest BCUT2D eigenvalue weighted by Gasteiger charge is -2.28. The second-order valence-electron chi connectivity index (χ2n) is 5.98. The molecule has 25 heavy (non-hydrogen) atoms. The molecule has 1 aliphatic heterocycles. The molecule has 5 nitrogen and oxygen atoms in total. The Labute approximate surface area is 152 Å². The first kappa shape index (κ1) is 17.3. The summed E-state index contributed by atoms with van der Waals surface area (Å²) in [6, 6.07) is 14.3. The van der Waals surface area contributed by atoms with Crippen LogP contribution in [0.5, 0.6) is 0 Å². The van der Waals surface area contributed by atoms with Crippen molar-refractivity contribution in [3.63, 3.8) is 0 Å². The van der Waals surface area contributed by atoms with E-state index in [1.807, 2.05) is 24.3 Å². The maximum absolute atomic E-state index is 12.0. The van der Waals surface area contributed by atoms with Crippen LogP contribution in [0.1, 0.15) is 19.3 Å². The number of halogens is 1. The van der Waals surface area contributed by atoms with Gasteiger partial charge < -0.3 is 15.5 Å². The monoisotopic (exact) mass is 357 g/mol. The molecule has 2 N–H and O–H groups in total. The number of amides is 2. The maximum atomic E-state index is 12.0. The number of piperidine rings is 1. The smallest absolute Gasteiger partial charge is 0.314 e. The molecule has 0 atom stereocenters.